The first kappa shape index (κ1) is 15.1. The lowest BCUT2D eigenvalue weighted by atomic mass is 9.82. The van der Waals surface area contributed by atoms with Crippen LogP contribution in [0.25, 0.3) is 0 Å². The number of nitrogens with one attached hydrogen (secondary N) is 1. The van der Waals surface area contributed by atoms with Crippen LogP contribution in [0.5, 0.6) is 5.75 Å². The Kier molecular flexibility index (Phi) is 4.89. The molecule has 0 radical (unpaired) electrons. The Morgan fingerprint density at radius 3 is 2.70 bits per heavy atom. The van der Waals surface area contributed by atoms with Gasteiger partial charge >= 0.3 is 0 Å². The van der Waals surface area contributed by atoms with Crippen molar-refractivity contribution >= 4 is 23.2 Å². The molecule has 1 aliphatic rings. The van der Waals surface area contributed by atoms with E-state index < -0.39 is 5.60 Å². The summed E-state index contributed by atoms with van der Waals surface area (Å²) in [4.78, 5) is 12.0. The zero-order valence-corrected chi connectivity index (χ0v) is 12.4. The van der Waals surface area contributed by atoms with Gasteiger partial charge in [0.05, 0.1) is 29.8 Å². The number of methoxy groups -OCH3 is 1. The fraction of sp³-hybridized carbons (Fsp3) is 0.533. The van der Waals surface area contributed by atoms with E-state index >= 15 is 0 Å². The molecule has 0 aliphatic heterocycles. The van der Waals surface area contributed by atoms with E-state index in [1.807, 2.05) is 0 Å². The topological polar surface area (TPSA) is 58.6 Å². The van der Waals surface area contributed by atoms with Crippen molar-refractivity contribution in [2.24, 2.45) is 0 Å². The minimum Gasteiger partial charge on any atom is -0.497 e. The Balaban J connectivity index is 1.97. The maximum absolute atomic E-state index is 12.0. The quantitative estimate of drug-likeness (QED) is 0.896. The van der Waals surface area contributed by atoms with Crippen LogP contribution in [-0.4, -0.2) is 23.7 Å². The smallest absolute Gasteiger partial charge is 0.227 e. The van der Waals surface area contributed by atoms with Crippen LogP contribution in [0.4, 0.5) is 5.69 Å². The van der Waals surface area contributed by atoms with Crippen molar-refractivity contribution in [2.75, 3.05) is 12.4 Å². The molecule has 20 heavy (non-hydrogen) atoms. The third-order valence-electron chi connectivity index (χ3n) is 3.72. The van der Waals surface area contributed by atoms with Gasteiger partial charge in [-0.25, -0.2) is 0 Å². The number of carbonyl (C=O) groups is 1. The van der Waals surface area contributed by atoms with Crippen LogP contribution in [-0.2, 0) is 4.79 Å². The molecule has 0 heterocycles. The van der Waals surface area contributed by atoms with E-state index in [1.165, 1.54) is 0 Å². The monoisotopic (exact) mass is 297 g/mol. The summed E-state index contributed by atoms with van der Waals surface area (Å²) in [5.41, 5.74) is -0.321. The van der Waals surface area contributed by atoms with Gasteiger partial charge in [0.2, 0.25) is 5.91 Å². The van der Waals surface area contributed by atoms with Gasteiger partial charge in [-0.05, 0) is 25.0 Å². The highest BCUT2D eigenvalue weighted by Gasteiger charge is 2.31. The number of benzene rings is 1. The van der Waals surface area contributed by atoms with Crippen LogP contribution < -0.4 is 10.1 Å². The molecule has 2 rings (SSSR count). The summed E-state index contributed by atoms with van der Waals surface area (Å²) in [6.45, 7) is 0. The number of amides is 1. The summed E-state index contributed by atoms with van der Waals surface area (Å²) in [5.74, 6) is 0.431. The second-order valence-corrected chi connectivity index (χ2v) is 5.76. The number of aliphatic hydroxyl groups is 1. The van der Waals surface area contributed by atoms with E-state index in [1.54, 1.807) is 25.3 Å². The molecule has 2 N–H and O–H groups in total. The standard InChI is InChI=1S/C15H20ClNO3/c1-20-11-5-6-13(12(16)9-11)17-14(18)10-15(19)7-3-2-4-8-15/h5-6,9,19H,2-4,7-8,10H2,1H3,(H,17,18). The Morgan fingerprint density at radius 1 is 1.40 bits per heavy atom. The van der Waals surface area contributed by atoms with Crippen LogP contribution in [0.3, 0.4) is 0 Å². The Labute approximate surface area is 124 Å². The van der Waals surface area contributed by atoms with Crippen molar-refractivity contribution in [3.05, 3.63) is 23.2 Å². The van der Waals surface area contributed by atoms with Gasteiger partial charge in [-0.2, -0.15) is 0 Å². The highest BCUT2D eigenvalue weighted by Crippen LogP contribution is 2.32. The molecule has 110 valence electrons. The Bertz CT molecular complexity index is 484. The van der Waals surface area contributed by atoms with Crippen LogP contribution in [0.1, 0.15) is 38.5 Å². The van der Waals surface area contributed by atoms with Crippen molar-refractivity contribution < 1.29 is 14.6 Å². The highest BCUT2D eigenvalue weighted by molar-refractivity contribution is 6.33. The van der Waals surface area contributed by atoms with E-state index in [9.17, 15) is 9.90 Å². The summed E-state index contributed by atoms with van der Waals surface area (Å²) < 4.78 is 5.06. The summed E-state index contributed by atoms with van der Waals surface area (Å²) in [5, 5.41) is 13.5. The van der Waals surface area contributed by atoms with Gasteiger partial charge in [0.25, 0.3) is 0 Å². The second kappa shape index (κ2) is 6.46. The Hall–Kier alpha value is -1.26. The summed E-state index contributed by atoms with van der Waals surface area (Å²) in [6.07, 6.45) is 4.59. The number of ether oxygens (including phenoxy) is 1. The van der Waals surface area contributed by atoms with E-state index in [2.05, 4.69) is 5.32 Å². The van der Waals surface area contributed by atoms with E-state index in [0.717, 1.165) is 19.3 Å². The third-order valence-corrected chi connectivity index (χ3v) is 4.04. The van der Waals surface area contributed by atoms with Gasteiger partial charge in [-0.1, -0.05) is 30.9 Å². The van der Waals surface area contributed by atoms with Gasteiger partial charge in [0.1, 0.15) is 5.75 Å². The maximum atomic E-state index is 12.0. The number of carbonyl (C=O) groups excluding carboxylic acids is 1. The molecule has 0 unspecified atom stereocenters. The molecule has 1 aromatic rings. The number of rotatable bonds is 4. The second-order valence-electron chi connectivity index (χ2n) is 5.36. The van der Waals surface area contributed by atoms with E-state index in [4.69, 9.17) is 16.3 Å². The lowest BCUT2D eigenvalue weighted by molar-refractivity contribution is -0.122. The summed E-state index contributed by atoms with van der Waals surface area (Å²) in [6, 6.07) is 5.08. The molecule has 1 saturated carbocycles. The van der Waals surface area contributed by atoms with Gasteiger partial charge in [-0.3, -0.25) is 4.79 Å². The predicted octanol–water partition coefficient (Wildman–Crippen LogP) is 3.37. The first-order valence-electron chi connectivity index (χ1n) is 6.88. The largest absolute Gasteiger partial charge is 0.497 e. The molecule has 1 fully saturated rings. The van der Waals surface area contributed by atoms with E-state index in [0.29, 0.717) is 29.3 Å². The average Bonchev–Trinajstić information content (AvgIpc) is 2.41. The molecule has 1 amide bonds. The number of halogens is 1. The first-order chi connectivity index (χ1) is 9.52. The SMILES string of the molecule is COc1ccc(NC(=O)CC2(O)CCCCC2)c(Cl)c1. The zero-order valence-electron chi connectivity index (χ0n) is 11.6. The predicted molar refractivity (Wildman–Crippen MR) is 79.3 cm³/mol. The first-order valence-corrected chi connectivity index (χ1v) is 7.26. The minimum absolute atomic E-state index is 0.120. The molecular formula is C15H20ClNO3. The molecule has 0 atom stereocenters. The molecule has 4 nitrogen and oxygen atoms in total. The van der Waals surface area contributed by atoms with Crippen LogP contribution in [0.2, 0.25) is 5.02 Å². The van der Waals surface area contributed by atoms with Gasteiger partial charge < -0.3 is 15.2 Å². The zero-order chi connectivity index (χ0) is 14.6. The van der Waals surface area contributed by atoms with Gasteiger partial charge in [-0.15, -0.1) is 0 Å². The molecule has 1 aromatic carbocycles. The summed E-state index contributed by atoms with van der Waals surface area (Å²) >= 11 is 6.07. The molecule has 0 bridgehead atoms. The third kappa shape index (κ3) is 3.87. The van der Waals surface area contributed by atoms with Crippen molar-refractivity contribution in [1.82, 2.24) is 0 Å². The van der Waals surface area contributed by atoms with Crippen molar-refractivity contribution in [3.63, 3.8) is 0 Å². The molecule has 0 saturated heterocycles. The Morgan fingerprint density at radius 2 is 2.10 bits per heavy atom. The fourth-order valence-corrected chi connectivity index (χ4v) is 2.82. The highest BCUT2D eigenvalue weighted by atomic mass is 35.5. The average molecular weight is 298 g/mol. The van der Waals surface area contributed by atoms with Gasteiger partial charge in [0.15, 0.2) is 0 Å². The molecular weight excluding hydrogens is 278 g/mol. The van der Waals surface area contributed by atoms with Crippen molar-refractivity contribution in [1.29, 1.82) is 0 Å². The summed E-state index contributed by atoms with van der Waals surface area (Å²) in [7, 11) is 1.56. The number of anilines is 1. The van der Waals surface area contributed by atoms with Crippen LogP contribution in [0, 0.1) is 0 Å². The number of hydrogen-bond acceptors (Lipinski definition) is 3. The number of hydrogen-bond donors (Lipinski definition) is 2. The van der Waals surface area contributed by atoms with Crippen LogP contribution in [0.15, 0.2) is 18.2 Å². The lowest BCUT2D eigenvalue weighted by Gasteiger charge is -2.31. The van der Waals surface area contributed by atoms with Crippen LogP contribution >= 0.6 is 11.6 Å². The lowest BCUT2D eigenvalue weighted by Crippen LogP contribution is -2.35. The van der Waals surface area contributed by atoms with Crippen molar-refractivity contribution in [3.8, 4) is 5.75 Å². The molecule has 1 aliphatic carbocycles. The van der Waals surface area contributed by atoms with Gasteiger partial charge in [0, 0.05) is 6.07 Å². The minimum atomic E-state index is -0.860. The molecule has 0 spiro atoms. The molecule has 5 heteroatoms. The molecule has 0 aromatic heterocycles. The normalized spacial score (nSPS) is 17.6. The van der Waals surface area contributed by atoms with Crippen molar-refractivity contribution in [2.45, 2.75) is 44.1 Å². The fourth-order valence-electron chi connectivity index (χ4n) is 2.60. The maximum Gasteiger partial charge on any atom is 0.227 e. The van der Waals surface area contributed by atoms with E-state index in [-0.39, 0.29) is 12.3 Å².